The Hall–Kier alpha value is -6.56. The molecule has 464 valence electrons. The van der Waals surface area contributed by atoms with Crippen molar-refractivity contribution in [3.05, 3.63) is 48.6 Å². The van der Waals surface area contributed by atoms with E-state index in [1.807, 2.05) is 100 Å². The number of aliphatic imine (C=N–C) groups is 5. The number of methoxy groups -OCH3 is 1. The number of hydrogen-bond acceptors (Lipinski definition) is 23. The molecule has 8 aliphatic heterocycles. The van der Waals surface area contributed by atoms with E-state index in [2.05, 4.69) is 25.0 Å². The van der Waals surface area contributed by atoms with E-state index in [0.29, 0.717) is 45.9 Å². The average Bonchev–Trinajstić information content (AvgIpc) is 4.37. The molecule has 0 unspecified atom stereocenters. The molecular formula is C61H87N5O18. The highest BCUT2D eigenvalue weighted by atomic mass is 16.6. The fraction of sp³-hybridized carbons (Fsp3) is 0.672. The van der Waals surface area contributed by atoms with Crippen LogP contribution in [0.25, 0.3) is 0 Å². The standard InChI is InChI=1S/C18H26N2O5.C17H25NO5.C14H19NO5.C12H17NO3/c1-11(2)19-7-9-23-17(21)15-13-5-6-14(25-13)16(15)18(22)24-10-8-20-12(3)4;1-4-5-9-21-16(19)14-12-6-7-13(23-12)15(14)17(20)22-10-8-18-11(2)3;1-8(2)15-6-7-19-14(17)12-10-5-4-9(20-10)11(12)13(16)18-3;1-8(2)13-5-6-15-12(14)10-7-9-3-4-11(10)16-9/h5-6,13-16H,7-10H2,1-4H3;6-7,12-15H,4-5,8-10H2,1-3H3;4-5,9-12H,6-7H2,1-3H3;3-4,9-11H,5-7H2,1-2H3/t13-,14+,15-,16+;12-,13+,14-,15+;9-,10+,11-,12+;9-,10-,11+/m.111/s1. The van der Waals surface area contributed by atoms with Crippen molar-refractivity contribution in [3.8, 4) is 0 Å². The smallest absolute Gasteiger partial charge is 0.312 e. The number of ether oxygens (including phenoxy) is 11. The van der Waals surface area contributed by atoms with E-state index in [1.54, 1.807) is 24.3 Å². The molecule has 23 nitrogen and oxygen atoms in total. The summed E-state index contributed by atoms with van der Waals surface area (Å²) in [6.07, 6.45) is 15.0. The molecule has 8 bridgehead atoms. The summed E-state index contributed by atoms with van der Waals surface area (Å²) in [6, 6.07) is 0. The number of carbonyl (C=O) groups excluding carboxylic acids is 7. The topological polar surface area (TPSA) is 283 Å². The van der Waals surface area contributed by atoms with Crippen LogP contribution in [0.4, 0.5) is 0 Å². The number of nitrogens with zero attached hydrogens (tertiary/aromatic N) is 5. The van der Waals surface area contributed by atoms with Gasteiger partial charge in [0.05, 0.1) is 101 Å². The van der Waals surface area contributed by atoms with Crippen LogP contribution >= 0.6 is 0 Å². The molecule has 0 aromatic heterocycles. The molecule has 0 N–H and O–H groups in total. The van der Waals surface area contributed by atoms with Crippen LogP contribution in [0.1, 0.15) is 95.4 Å². The summed E-state index contributed by atoms with van der Waals surface area (Å²) in [6.45, 7) is 24.7. The first-order valence-electron chi connectivity index (χ1n) is 29.0. The lowest BCUT2D eigenvalue weighted by molar-refractivity contribution is -0.159. The zero-order chi connectivity index (χ0) is 61.5. The highest BCUT2D eigenvalue weighted by Gasteiger charge is 2.57. The molecule has 15 atom stereocenters. The Morgan fingerprint density at radius 3 is 0.857 bits per heavy atom. The minimum Gasteiger partial charge on any atom is -0.469 e. The monoisotopic (exact) mass is 1180 g/mol. The molecule has 4 saturated heterocycles. The van der Waals surface area contributed by atoms with Crippen molar-refractivity contribution >= 4 is 70.3 Å². The normalized spacial score (nSPS) is 28.4. The van der Waals surface area contributed by atoms with Gasteiger partial charge in [0.1, 0.15) is 68.5 Å². The maximum Gasteiger partial charge on any atom is 0.312 e. The quantitative estimate of drug-likeness (QED) is 0.0352. The first kappa shape index (κ1) is 68.2. The number of fused-ring (bicyclic) bond motifs is 8. The van der Waals surface area contributed by atoms with Gasteiger partial charge in [0, 0.05) is 28.6 Å². The molecule has 8 heterocycles. The Morgan fingerprint density at radius 2 is 0.619 bits per heavy atom. The third kappa shape index (κ3) is 20.3. The second-order valence-electron chi connectivity index (χ2n) is 21.9. The molecule has 0 spiro atoms. The Balaban J connectivity index is 0.000000207. The molecule has 0 amide bonds. The van der Waals surface area contributed by atoms with Crippen LogP contribution in [-0.4, -0.2) is 199 Å². The number of hydrogen-bond donors (Lipinski definition) is 0. The maximum atomic E-state index is 12.4. The molecule has 23 heteroatoms. The summed E-state index contributed by atoms with van der Waals surface area (Å²) in [5, 5.41) is 0. The second-order valence-corrected chi connectivity index (χ2v) is 21.9. The van der Waals surface area contributed by atoms with Crippen molar-refractivity contribution in [3.63, 3.8) is 0 Å². The van der Waals surface area contributed by atoms with Crippen LogP contribution in [-0.2, 0) is 85.7 Å². The van der Waals surface area contributed by atoms with Gasteiger partial charge in [0.25, 0.3) is 0 Å². The summed E-state index contributed by atoms with van der Waals surface area (Å²) in [5.41, 5.74) is 4.72. The van der Waals surface area contributed by atoms with Crippen LogP contribution in [0.3, 0.4) is 0 Å². The molecule has 0 saturated carbocycles. The van der Waals surface area contributed by atoms with Crippen LogP contribution < -0.4 is 0 Å². The van der Waals surface area contributed by atoms with E-state index in [0.717, 1.165) is 47.8 Å². The van der Waals surface area contributed by atoms with Gasteiger partial charge in [0.2, 0.25) is 0 Å². The lowest BCUT2D eigenvalue weighted by Crippen LogP contribution is -2.38. The van der Waals surface area contributed by atoms with E-state index in [1.165, 1.54) is 7.11 Å². The fourth-order valence-electron chi connectivity index (χ4n) is 10.2. The van der Waals surface area contributed by atoms with Gasteiger partial charge in [-0.05, 0) is 82.1 Å². The van der Waals surface area contributed by atoms with Gasteiger partial charge in [-0.15, -0.1) is 0 Å². The summed E-state index contributed by atoms with van der Waals surface area (Å²) < 4.78 is 58.6. The zero-order valence-electron chi connectivity index (χ0n) is 50.8. The Morgan fingerprint density at radius 1 is 0.357 bits per heavy atom. The predicted molar refractivity (Wildman–Crippen MR) is 311 cm³/mol. The van der Waals surface area contributed by atoms with Crippen LogP contribution in [0.15, 0.2) is 73.6 Å². The Bertz CT molecular complexity index is 2500. The summed E-state index contributed by atoms with van der Waals surface area (Å²) in [7, 11) is 1.30. The number of esters is 7. The van der Waals surface area contributed by atoms with Gasteiger partial charge >= 0.3 is 41.8 Å². The lowest BCUT2D eigenvalue weighted by atomic mass is 9.83. The third-order valence-electron chi connectivity index (χ3n) is 14.1. The SMILES string of the molecule is CC(C)=NCCOC(=O)[C@@H]1C[C@H]2C=C[C@@H]1O2.CC(C)=NCCOC(=O)[C@@H]1[C@H](C(=O)OCCN=C(C)C)[C@H]2C=C[C@@H]1O2.CCCCOC(=O)[C@H]1[C@@H](C(=O)OCCN=C(C)C)[C@@H]2C=C[C@H]1O2.COC(=O)[C@H]1[C@@H](C(=O)OCCN=C(C)C)[C@@H]2C=C[C@H]1O2. The van der Waals surface area contributed by atoms with Crippen LogP contribution in [0, 0.1) is 41.4 Å². The maximum absolute atomic E-state index is 12.4. The summed E-state index contributed by atoms with van der Waals surface area (Å²) in [4.78, 5) is 106. The van der Waals surface area contributed by atoms with E-state index < -0.39 is 89.8 Å². The van der Waals surface area contributed by atoms with Crippen LogP contribution in [0.2, 0.25) is 0 Å². The van der Waals surface area contributed by atoms with Gasteiger partial charge < -0.3 is 52.1 Å². The fourth-order valence-corrected chi connectivity index (χ4v) is 10.2. The van der Waals surface area contributed by atoms with Crippen molar-refractivity contribution < 1.29 is 85.7 Å². The van der Waals surface area contributed by atoms with E-state index in [-0.39, 0.29) is 68.7 Å². The molecule has 8 rings (SSSR count). The number of carbonyl (C=O) groups is 7. The summed E-state index contributed by atoms with van der Waals surface area (Å²) >= 11 is 0. The first-order chi connectivity index (χ1) is 40.1. The third-order valence-corrected chi connectivity index (χ3v) is 14.1. The molecule has 0 aliphatic carbocycles. The van der Waals surface area contributed by atoms with Gasteiger partial charge in [-0.2, -0.15) is 0 Å². The van der Waals surface area contributed by atoms with Crippen LogP contribution in [0.5, 0.6) is 0 Å². The van der Waals surface area contributed by atoms with Gasteiger partial charge in [0.15, 0.2) is 0 Å². The molecule has 0 radical (unpaired) electrons. The largest absolute Gasteiger partial charge is 0.469 e. The predicted octanol–water partition coefficient (Wildman–Crippen LogP) is 5.63. The molecular weight excluding hydrogens is 1090 g/mol. The minimum absolute atomic E-state index is 0.0612. The second kappa shape index (κ2) is 34.4. The summed E-state index contributed by atoms with van der Waals surface area (Å²) in [5.74, 6) is -6.58. The lowest BCUT2D eigenvalue weighted by Gasteiger charge is -2.22. The molecule has 0 aromatic rings. The first-order valence-corrected chi connectivity index (χ1v) is 29.0. The number of unbranched alkanes of at least 4 members (excludes halogenated alkanes) is 1. The van der Waals surface area contributed by atoms with Crippen molar-refractivity contribution in [2.75, 3.05) is 79.5 Å². The zero-order valence-corrected chi connectivity index (χ0v) is 50.8. The van der Waals surface area contributed by atoms with Crippen molar-refractivity contribution in [1.82, 2.24) is 0 Å². The average molecular weight is 1180 g/mol. The van der Waals surface area contributed by atoms with Crippen molar-refractivity contribution in [2.24, 2.45) is 66.4 Å². The van der Waals surface area contributed by atoms with Gasteiger partial charge in [-0.3, -0.25) is 58.5 Å². The Labute approximate surface area is 493 Å². The van der Waals surface area contributed by atoms with E-state index in [9.17, 15) is 33.6 Å². The molecule has 8 aliphatic rings. The van der Waals surface area contributed by atoms with E-state index in [4.69, 9.17) is 52.1 Å². The van der Waals surface area contributed by atoms with Crippen molar-refractivity contribution in [1.29, 1.82) is 0 Å². The molecule has 4 fully saturated rings. The van der Waals surface area contributed by atoms with Crippen molar-refractivity contribution in [2.45, 2.75) is 144 Å². The van der Waals surface area contributed by atoms with Gasteiger partial charge in [-0.1, -0.05) is 62.0 Å². The van der Waals surface area contributed by atoms with E-state index >= 15 is 0 Å². The minimum atomic E-state index is -0.661. The number of rotatable bonds is 25. The highest BCUT2D eigenvalue weighted by Crippen LogP contribution is 2.43. The van der Waals surface area contributed by atoms with Gasteiger partial charge in [-0.25, -0.2) is 0 Å². The molecule has 0 aromatic carbocycles. The highest BCUT2D eigenvalue weighted by molar-refractivity contribution is 5.87. The Kier molecular flexibility index (Phi) is 27.9. The molecule has 84 heavy (non-hydrogen) atoms.